The monoisotopic (exact) mass is 214 g/mol. The van der Waals surface area contributed by atoms with Crippen LogP contribution in [-0.4, -0.2) is 36.1 Å². The molecule has 1 aliphatic rings. The number of anilines is 1. The molecule has 1 fully saturated rings. The third kappa shape index (κ3) is 2.33. The molecule has 1 aromatic rings. The molecule has 1 saturated heterocycles. The Morgan fingerprint density at radius 1 is 1.43 bits per heavy atom. The highest BCUT2D eigenvalue weighted by Crippen LogP contribution is 2.11. The van der Waals surface area contributed by atoms with Crippen molar-refractivity contribution in [1.29, 1.82) is 0 Å². The Hall–Kier alpha value is -0.870. The summed E-state index contributed by atoms with van der Waals surface area (Å²) in [6, 6.07) is 2.38. The summed E-state index contributed by atoms with van der Waals surface area (Å²) in [5.41, 5.74) is 0. The fourth-order valence-corrected chi connectivity index (χ4v) is 1.61. The van der Waals surface area contributed by atoms with E-state index in [2.05, 4.69) is 20.2 Å². The molecule has 0 amide bonds. The molecule has 1 atom stereocenters. The van der Waals surface area contributed by atoms with Crippen LogP contribution in [-0.2, 0) is 0 Å². The molecule has 0 unspecified atom stereocenters. The van der Waals surface area contributed by atoms with Crippen LogP contribution in [0.15, 0.2) is 18.5 Å². The average molecular weight is 215 g/mol. The molecule has 0 aromatic carbocycles. The highest BCUT2D eigenvalue weighted by Gasteiger charge is 2.20. The third-order valence-electron chi connectivity index (χ3n) is 2.45. The van der Waals surface area contributed by atoms with E-state index in [0.717, 1.165) is 19.0 Å². The van der Waals surface area contributed by atoms with Gasteiger partial charge in [-0.25, -0.2) is 9.97 Å². The van der Waals surface area contributed by atoms with Crippen molar-refractivity contribution in [1.82, 2.24) is 15.3 Å². The largest absolute Gasteiger partial charge is 0.340 e. The maximum Gasteiger partial charge on any atom is 0.225 e. The zero-order valence-electron chi connectivity index (χ0n) is 8.18. The van der Waals surface area contributed by atoms with Gasteiger partial charge in [0.05, 0.1) is 0 Å². The van der Waals surface area contributed by atoms with E-state index in [4.69, 9.17) is 0 Å². The van der Waals surface area contributed by atoms with Crippen LogP contribution in [0.4, 0.5) is 5.95 Å². The van der Waals surface area contributed by atoms with Gasteiger partial charge in [-0.15, -0.1) is 12.4 Å². The van der Waals surface area contributed by atoms with Gasteiger partial charge >= 0.3 is 0 Å². The van der Waals surface area contributed by atoms with Crippen LogP contribution in [0.1, 0.15) is 6.42 Å². The summed E-state index contributed by atoms with van der Waals surface area (Å²) in [4.78, 5) is 10.6. The standard InChI is InChI=1S/C9H14N4.ClH/c1-13(8-3-6-10-7-8)9-11-4-2-5-12-9;/h2,4-5,8,10H,3,6-7H2,1H3;1H/t8-;/m1./s1. The van der Waals surface area contributed by atoms with E-state index in [1.807, 2.05) is 13.1 Å². The van der Waals surface area contributed by atoms with Gasteiger partial charge in [0.1, 0.15) is 0 Å². The zero-order chi connectivity index (χ0) is 9.10. The lowest BCUT2D eigenvalue weighted by Crippen LogP contribution is -2.34. The Morgan fingerprint density at radius 3 is 2.71 bits per heavy atom. The number of nitrogens with zero attached hydrogens (tertiary/aromatic N) is 3. The van der Waals surface area contributed by atoms with Crippen molar-refractivity contribution >= 4 is 18.4 Å². The van der Waals surface area contributed by atoms with Gasteiger partial charge < -0.3 is 10.2 Å². The van der Waals surface area contributed by atoms with E-state index in [1.54, 1.807) is 12.4 Å². The van der Waals surface area contributed by atoms with Crippen LogP contribution >= 0.6 is 12.4 Å². The van der Waals surface area contributed by atoms with Crippen molar-refractivity contribution in [3.8, 4) is 0 Å². The van der Waals surface area contributed by atoms with E-state index >= 15 is 0 Å². The second-order valence-electron chi connectivity index (χ2n) is 3.31. The third-order valence-corrected chi connectivity index (χ3v) is 2.45. The Kier molecular flexibility index (Phi) is 4.10. The first-order valence-electron chi connectivity index (χ1n) is 4.58. The second kappa shape index (κ2) is 5.12. The summed E-state index contributed by atoms with van der Waals surface area (Å²) in [6.45, 7) is 2.14. The fraction of sp³-hybridized carbons (Fsp3) is 0.556. The van der Waals surface area contributed by atoms with Crippen molar-refractivity contribution < 1.29 is 0 Å². The first kappa shape index (κ1) is 11.2. The topological polar surface area (TPSA) is 41.1 Å². The number of halogens is 1. The molecule has 78 valence electrons. The van der Waals surface area contributed by atoms with Crippen molar-refractivity contribution in [2.24, 2.45) is 0 Å². The Labute approximate surface area is 90.2 Å². The minimum Gasteiger partial charge on any atom is -0.340 e. The molecule has 14 heavy (non-hydrogen) atoms. The maximum absolute atomic E-state index is 4.21. The lowest BCUT2D eigenvalue weighted by molar-refractivity contribution is 0.668. The Morgan fingerprint density at radius 2 is 2.14 bits per heavy atom. The normalized spacial score (nSPS) is 20.2. The van der Waals surface area contributed by atoms with Gasteiger partial charge in [-0.2, -0.15) is 0 Å². The van der Waals surface area contributed by atoms with Gasteiger partial charge in [0, 0.05) is 32.0 Å². The van der Waals surface area contributed by atoms with E-state index in [0.29, 0.717) is 6.04 Å². The summed E-state index contributed by atoms with van der Waals surface area (Å²) in [5, 5.41) is 3.33. The van der Waals surface area contributed by atoms with Gasteiger partial charge in [0.25, 0.3) is 0 Å². The SMILES string of the molecule is CN(c1ncccn1)[C@@H]1CCNC1.Cl. The number of nitrogens with one attached hydrogen (secondary N) is 1. The Balaban J connectivity index is 0.000000980. The van der Waals surface area contributed by atoms with E-state index < -0.39 is 0 Å². The molecular formula is C9H15ClN4. The lowest BCUT2D eigenvalue weighted by Gasteiger charge is -2.23. The zero-order valence-corrected chi connectivity index (χ0v) is 9.00. The number of likely N-dealkylation sites (N-methyl/N-ethyl adjacent to an activating group) is 1. The van der Waals surface area contributed by atoms with Crippen LogP contribution in [0.5, 0.6) is 0 Å². The van der Waals surface area contributed by atoms with Crippen molar-refractivity contribution in [2.45, 2.75) is 12.5 Å². The predicted molar refractivity (Wildman–Crippen MR) is 59.0 cm³/mol. The molecule has 1 aliphatic heterocycles. The van der Waals surface area contributed by atoms with E-state index in [1.165, 1.54) is 6.42 Å². The van der Waals surface area contributed by atoms with Crippen LogP contribution < -0.4 is 10.2 Å². The van der Waals surface area contributed by atoms with Gasteiger partial charge in [-0.3, -0.25) is 0 Å². The predicted octanol–water partition coefficient (Wildman–Crippen LogP) is 0.696. The number of hydrogen-bond donors (Lipinski definition) is 1. The van der Waals surface area contributed by atoms with Crippen molar-refractivity contribution in [3.05, 3.63) is 18.5 Å². The minimum absolute atomic E-state index is 0. The maximum atomic E-state index is 4.21. The second-order valence-corrected chi connectivity index (χ2v) is 3.31. The van der Waals surface area contributed by atoms with E-state index in [9.17, 15) is 0 Å². The fourth-order valence-electron chi connectivity index (χ4n) is 1.61. The molecule has 5 heteroatoms. The van der Waals surface area contributed by atoms with Crippen LogP contribution in [0.2, 0.25) is 0 Å². The molecule has 0 bridgehead atoms. The smallest absolute Gasteiger partial charge is 0.225 e. The molecule has 4 nitrogen and oxygen atoms in total. The van der Waals surface area contributed by atoms with Crippen LogP contribution in [0, 0.1) is 0 Å². The van der Waals surface area contributed by atoms with Crippen LogP contribution in [0.3, 0.4) is 0 Å². The summed E-state index contributed by atoms with van der Waals surface area (Å²) >= 11 is 0. The molecule has 1 N–H and O–H groups in total. The van der Waals surface area contributed by atoms with Gasteiger partial charge in [-0.1, -0.05) is 0 Å². The average Bonchev–Trinajstić information content (AvgIpc) is 2.71. The number of aromatic nitrogens is 2. The first-order chi connectivity index (χ1) is 6.38. The Bertz CT molecular complexity index is 261. The van der Waals surface area contributed by atoms with Gasteiger partial charge in [0.15, 0.2) is 0 Å². The van der Waals surface area contributed by atoms with Gasteiger partial charge in [-0.05, 0) is 19.0 Å². The van der Waals surface area contributed by atoms with E-state index in [-0.39, 0.29) is 12.4 Å². The van der Waals surface area contributed by atoms with Gasteiger partial charge in [0.2, 0.25) is 5.95 Å². The molecule has 2 heterocycles. The van der Waals surface area contributed by atoms with Crippen molar-refractivity contribution in [3.63, 3.8) is 0 Å². The number of rotatable bonds is 2. The highest BCUT2D eigenvalue weighted by molar-refractivity contribution is 5.85. The summed E-state index contributed by atoms with van der Waals surface area (Å²) in [6.07, 6.45) is 4.73. The highest BCUT2D eigenvalue weighted by atomic mass is 35.5. The van der Waals surface area contributed by atoms with Crippen LogP contribution in [0.25, 0.3) is 0 Å². The summed E-state index contributed by atoms with van der Waals surface area (Å²) in [5.74, 6) is 0.816. The molecule has 0 spiro atoms. The molecular weight excluding hydrogens is 200 g/mol. The number of hydrogen-bond acceptors (Lipinski definition) is 4. The first-order valence-corrected chi connectivity index (χ1v) is 4.58. The molecule has 2 rings (SSSR count). The lowest BCUT2D eigenvalue weighted by atomic mass is 10.2. The molecule has 0 aliphatic carbocycles. The molecule has 0 radical (unpaired) electrons. The van der Waals surface area contributed by atoms with Crippen molar-refractivity contribution in [2.75, 3.05) is 25.0 Å². The summed E-state index contributed by atoms with van der Waals surface area (Å²) < 4.78 is 0. The molecule has 1 aromatic heterocycles. The quantitative estimate of drug-likeness (QED) is 0.787. The minimum atomic E-state index is 0. The summed E-state index contributed by atoms with van der Waals surface area (Å²) in [7, 11) is 2.05. The molecule has 0 saturated carbocycles.